The summed E-state index contributed by atoms with van der Waals surface area (Å²) in [6, 6.07) is 1.66. The fourth-order valence-corrected chi connectivity index (χ4v) is 4.59. The van der Waals surface area contributed by atoms with Crippen molar-refractivity contribution in [1.82, 2.24) is 14.9 Å². The predicted octanol–water partition coefficient (Wildman–Crippen LogP) is 5.11. The number of hydrogen-bond acceptors (Lipinski definition) is 5. The van der Waals surface area contributed by atoms with E-state index < -0.39 is 58.9 Å². The number of aryl methyl sites for hydroxylation is 1. The standard InChI is InChI=1S/C24H29ClF5N3O2.O2S/c1-4-18-32-19(22(34)31-12-23(35)7-5-13(2)6-8-23)21(25)33(18)20-16(26)10-15(11-17(20)27)9-14(3)24(28,29)30;1-3-2/h10-11,13-14,35H,4-9,12H2,1-3H3,(H,31,34);. The maximum Gasteiger partial charge on any atom is 0.391 e. The van der Waals surface area contributed by atoms with Crippen LogP contribution in [-0.2, 0) is 24.4 Å². The van der Waals surface area contributed by atoms with Gasteiger partial charge in [-0.25, -0.2) is 13.8 Å². The van der Waals surface area contributed by atoms with Gasteiger partial charge in [-0.1, -0.05) is 32.4 Å². The van der Waals surface area contributed by atoms with E-state index in [0.717, 1.165) is 36.5 Å². The highest BCUT2D eigenvalue weighted by atomic mass is 35.5. The van der Waals surface area contributed by atoms with Crippen molar-refractivity contribution in [3.8, 4) is 5.69 Å². The van der Waals surface area contributed by atoms with Crippen LogP contribution in [0.15, 0.2) is 12.1 Å². The van der Waals surface area contributed by atoms with Gasteiger partial charge in [-0.05, 0) is 55.7 Å². The number of aromatic nitrogens is 2. The Balaban J connectivity index is 0.00000161. The van der Waals surface area contributed by atoms with E-state index in [2.05, 4.69) is 17.2 Å². The Morgan fingerprint density at radius 2 is 1.79 bits per heavy atom. The van der Waals surface area contributed by atoms with E-state index in [4.69, 9.17) is 20.0 Å². The summed E-state index contributed by atoms with van der Waals surface area (Å²) in [7, 11) is 0. The second-order valence-corrected chi connectivity index (χ2v) is 10.1. The molecule has 0 spiro atoms. The summed E-state index contributed by atoms with van der Waals surface area (Å²) < 4.78 is 86.0. The number of hydrogen-bond donors (Lipinski definition) is 2. The molecule has 0 radical (unpaired) electrons. The highest BCUT2D eigenvalue weighted by molar-refractivity contribution is 7.51. The molecule has 2 N–H and O–H groups in total. The van der Waals surface area contributed by atoms with Crippen LogP contribution in [0.25, 0.3) is 5.69 Å². The second kappa shape index (κ2) is 13.1. The van der Waals surface area contributed by atoms with Crippen molar-refractivity contribution in [1.29, 1.82) is 0 Å². The Morgan fingerprint density at radius 1 is 1.26 bits per heavy atom. The van der Waals surface area contributed by atoms with E-state index in [1.165, 1.54) is 0 Å². The maximum absolute atomic E-state index is 15.0. The largest absolute Gasteiger partial charge is 0.391 e. The molecule has 1 saturated carbocycles. The molecule has 38 heavy (non-hydrogen) atoms. The van der Waals surface area contributed by atoms with Crippen molar-refractivity contribution in [3.63, 3.8) is 0 Å². The first-order valence-electron chi connectivity index (χ1n) is 11.9. The molecule has 1 aromatic carbocycles. The van der Waals surface area contributed by atoms with Crippen LogP contribution in [0, 0.1) is 23.5 Å². The van der Waals surface area contributed by atoms with E-state index >= 15 is 0 Å². The third-order valence-electron chi connectivity index (χ3n) is 6.61. The molecule has 1 heterocycles. The van der Waals surface area contributed by atoms with Crippen molar-refractivity contribution >= 4 is 29.1 Å². The normalized spacial score (nSPS) is 20.3. The van der Waals surface area contributed by atoms with E-state index in [0.29, 0.717) is 18.8 Å². The zero-order chi connectivity index (χ0) is 28.8. The van der Waals surface area contributed by atoms with Crippen LogP contribution >= 0.6 is 11.6 Å². The summed E-state index contributed by atoms with van der Waals surface area (Å²) in [6.07, 6.45) is -2.19. The van der Waals surface area contributed by atoms with Gasteiger partial charge in [0.15, 0.2) is 17.3 Å². The molecule has 1 aromatic heterocycles. The number of nitrogens with one attached hydrogen (secondary N) is 1. The number of carbonyl (C=O) groups excluding carboxylic acids is 1. The van der Waals surface area contributed by atoms with Crippen LogP contribution in [0.3, 0.4) is 0 Å². The van der Waals surface area contributed by atoms with Gasteiger partial charge in [0.1, 0.15) is 16.7 Å². The summed E-state index contributed by atoms with van der Waals surface area (Å²) in [5.74, 6) is -4.14. The van der Waals surface area contributed by atoms with Crippen molar-refractivity contribution in [2.45, 2.75) is 71.1 Å². The van der Waals surface area contributed by atoms with E-state index in [-0.39, 0.29) is 35.2 Å². The first kappa shape index (κ1) is 31.8. The number of imidazole rings is 1. The van der Waals surface area contributed by atoms with Crippen LogP contribution in [0.5, 0.6) is 0 Å². The van der Waals surface area contributed by atoms with Gasteiger partial charge in [-0.15, -0.1) is 0 Å². The third kappa shape index (κ3) is 7.82. The average molecular weight is 586 g/mol. The molecule has 1 atom stereocenters. The lowest BCUT2D eigenvalue weighted by molar-refractivity contribution is -0.169. The Hall–Kier alpha value is -2.38. The Kier molecular flexibility index (Phi) is 11.0. The number of carbonyl (C=O) groups is 1. The fraction of sp³-hybridized carbons (Fsp3) is 0.583. The zero-order valence-corrected chi connectivity index (χ0v) is 22.6. The highest BCUT2D eigenvalue weighted by Crippen LogP contribution is 2.33. The average Bonchev–Trinajstić information content (AvgIpc) is 3.15. The smallest absolute Gasteiger partial charge is 0.388 e. The molecule has 0 bridgehead atoms. The van der Waals surface area contributed by atoms with Crippen molar-refractivity contribution in [3.05, 3.63) is 46.0 Å². The molecule has 3 rings (SSSR count). The molecule has 2 aromatic rings. The first-order valence-corrected chi connectivity index (χ1v) is 13.0. The summed E-state index contributed by atoms with van der Waals surface area (Å²) in [6.45, 7) is 4.66. The molecule has 0 saturated heterocycles. The molecule has 1 fully saturated rings. The van der Waals surface area contributed by atoms with Gasteiger partial charge < -0.3 is 10.4 Å². The van der Waals surface area contributed by atoms with Crippen LogP contribution in [-0.4, -0.2) is 47.3 Å². The Morgan fingerprint density at radius 3 is 2.26 bits per heavy atom. The van der Waals surface area contributed by atoms with Gasteiger partial charge in [-0.3, -0.25) is 9.36 Å². The van der Waals surface area contributed by atoms with Gasteiger partial charge in [-0.2, -0.15) is 21.6 Å². The molecule has 1 unspecified atom stereocenters. The topological polar surface area (TPSA) is 101 Å². The van der Waals surface area contributed by atoms with E-state index in [1.807, 2.05) is 0 Å². The van der Waals surface area contributed by atoms with Crippen molar-refractivity contribution in [2.24, 2.45) is 11.8 Å². The van der Waals surface area contributed by atoms with Gasteiger partial charge in [0.2, 0.25) is 0 Å². The van der Waals surface area contributed by atoms with Gasteiger partial charge in [0.05, 0.1) is 11.5 Å². The summed E-state index contributed by atoms with van der Waals surface area (Å²) >= 11 is 5.59. The Labute approximate surface area is 225 Å². The molecule has 1 aliphatic rings. The molecule has 1 amide bonds. The highest BCUT2D eigenvalue weighted by Gasteiger charge is 2.36. The number of aliphatic hydroxyl groups is 1. The molecule has 14 heteroatoms. The number of benzene rings is 1. The van der Waals surface area contributed by atoms with E-state index in [1.54, 1.807) is 6.92 Å². The van der Waals surface area contributed by atoms with Crippen LogP contribution in [0.1, 0.15) is 68.3 Å². The summed E-state index contributed by atoms with van der Waals surface area (Å²) in [4.78, 5) is 16.9. The fourth-order valence-electron chi connectivity index (χ4n) is 4.28. The molecular weight excluding hydrogens is 557 g/mol. The SMILES string of the molecule is CCc1nc(C(=O)NCC2(O)CCC(C)CC2)c(Cl)n1-c1c(F)cc(CC(C)C(F)(F)F)cc1F.O=S=O. The molecule has 1 aliphatic carbocycles. The van der Waals surface area contributed by atoms with Crippen LogP contribution in [0.2, 0.25) is 5.15 Å². The molecule has 212 valence electrons. The minimum Gasteiger partial charge on any atom is -0.388 e. The summed E-state index contributed by atoms with van der Waals surface area (Å²) in [5, 5.41) is 13.0. The minimum absolute atomic E-state index is 0.0159. The van der Waals surface area contributed by atoms with Crippen LogP contribution < -0.4 is 5.32 Å². The molecule has 7 nitrogen and oxygen atoms in total. The lowest BCUT2D eigenvalue weighted by atomic mass is 9.79. The monoisotopic (exact) mass is 585 g/mol. The number of halogens is 6. The minimum atomic E-state index is -4.50. The van der Waals surface area contributed by atoms with Crippen LogP contribution in [0.4, 0.5) is 22.0 Å². The van der Waals surface area contributed by atoms with Gasteiger partial charge in [0, 0.05) is 13.0 Å². The predicted molar refractivity (Wildman–Crippen MR) is 131 cm³/mol. The number of alkyl halides is 3. The lowest BCUT2D eigenvalue weighted by Crippen LogP contribution is -2.45. The number of rotatable bonds is 7. The molecule has 0 aliphatic heterocycles. The zero-order valence-electron chi connectivity index (χ0n) is 21.0. The molecular formula is C24H29ClF5N3O4S. The van der Waals surface area contributed by atoms with Gasteiger partial charge >= 0.3 is 17.7 Å². The Bertz CT molecular complexity index is 1150. The third-order valence-corrected chi connectivity index (χ3v) is 6.95. The quantitative estimate of drug-likeness (QED) is 0.440. The summed E-state index contributed by atoms with van der Waals surface area (Å²) in [5.41, 5.74) is -2.09. The number of nitrogens with zero attached hydrogens (tertiary/aromatic N) is 2. The van der Waals surface area contributed by atoms with Crippen molar-refractivity contribution < 1.29 is 40.3 Å². The maximum atomic E-state index is 15.0. The lowest BCUT2D eigenvalue weighted by Gasteiger charge is -2.34. The van der Waals surface area contributed by atoms with E-state index in [9.17, 15) is 31.9 Å². The second-order valence-electron chi connectivity index (χ2n) is 9.57. The first-order chi connectivity index (χ1) is 17.7. The van der Waals surface area contributed by atoms with Crippen molar-refractivity contribution in [2.75, 3.05) is 6.54 Å². The van der Waals surface area contributed by atoms with Gasteiger partial charge in [0.25, 0.3) is 5.91 Å². The number of amides is 1.